The molecule has 0 aromatic rings. The lowest BCUT2D eigenvalue weighted by Crippen LogP contribution is -2.57. The summed E-state index contributed by atoms with van der Waals surface area (Å²) in [5.41, 5.74) is 0.164. The molecule has 0 saturated carbocycles. The molecule has 1 rings (SSSR count). The Morgan fingerprint density at radius 1 is 1.17 bits per heavy atom. The van der Waals surface area contributed by atoms with Crippen molar-refractivity contribution in [3.05, 3.63) is 0 Å². The van der Waals surface area contributed by atoms with Crippen molar-refractivity contribution >= 4 is 29.9 Å². The van der Waals surface area contributed by atoms with E-state index in [-0.39, 0.29) is 29.5 Å². The molecule has 1 saturated heterocycles. The average molecular weight is 440 g/mol. The van der Waals surface area contributed by atoms with Crippen LogP contribution in [0.3, 0.4) is 0 Å². The van der Waals surface area contributed by atoms with Crippen molar-refractivity contribution in [1.82, 2.24) is 15.5 Å². The molecule has 0 aliphatic carbocycles. The van der Waals surface area contributed by atoms with Crippen molar-refractivity contribution in [2.45, 2.75) is 58.0 Å². The predicted molar refractivity (Wildman–Crippen MR) is 110 cm³/mol. The number of rotatable bonds is 7. The molecular weight excluding hydrogens is 403 g/mol. The van der Waals surface area contributed by atoms with Crippen LogP contribution in [0.2, 0.25) is 0 Å². The van der Waals surface area contributed by atoms with Crippen LogP contribution in [0.25, 0.3) is 0 Å². The Hall–Kier alpha value is -0.0800. The van der Waals surface area contributed by atoms with Gasteiger partial charge in [0, 0.05) is 38.4 Å². The zero-order valence-electron chi connectivity index (χ0n) is 15.8. The summed E-state index contributed by atoms with van der Waals surface area (Å²) in [7, 11) is 6.17. The van der Waals surface area contributed by atoms with Crippen molar-refractivity contribution < 1.29 is 4.74 Å². The number of aliphatic imine (C=N–C) groups is 1. The minimum absolute atomic E-state index is 0. The molecule has 1 aliphatic heterocycles. The van der Waals surface area contributed by atoms with Crippen LogP contribution in [-0.4, -0.2) is 63.3 Å². The van der Waals surface area contributed by atoms with Gasteiger partial charge in [-0.3, -0.25) is 4.99 Å². The van der Waals surface area contributed by atoms with Gasteiger partial charge in [-0.2, -0.15) is 0 Å². The fourth-order valence-electron chi connectivity index (χ4n) is 2.87. The van der Waals surface area contributed by atoms with Crippen molar-refractivity contribution in [1.29, 1.82) is 0 Å². The summed E-state index contributed by atoms with van der Waals surface area (Å²) in [5, 5.41) is 7.03. The highest BCUT2D eigenvalue weighted by Gasteiger charge is 2.34. The molecule has 1 fully saturated rings. The molecule has 1 aliphatic rings. The molecule has 1 heterocycles. The molecule has 6 heteroatoms. The summed E-state index contributed by atoms with van der Waals surface area (Å²) in [6.45, 7) is 9.36. The van der Waals surface area contributed by atoms with Crippen LogP contribution in [0.15, 0.2) is 4.99 Å². The number of ether oxygens (including phenoxy) is 1. The van der Waals surface area contributed by atoms with Gasteiger partial charge < -0.3 is 20.3 Å². The minimum Gasteiger partial charge on any atom is -0.381 e. The van der Waals surface area contributed by atoms with E-state index in [1.165, 1.54) is 12.8 Å². The van der Waals surface area contributed by atoms with Crippen molar-refractivity contribution in [3.8, 4) is 0 Å². The molecule has 5 nitrogen and oxygen atoms in total. The highest BCUT2D eigenvalue weighted by Crippen LogP contribution is 2.25. The maximum atomic E-state index is 5.53. The van der Waals surface area contributed by atoms with E-state index in [2.05, 4.69) is 55.4 Å². The third-order valence-corrected chi connectivity index (χ3v) is 4.74. The first kappa shape index (κ1) is 22.9. The van der Waals surface area contributed by atoms with Crippen LogP contribution in [-0.2, 0) is 4.74 Å². The third kappa shape index (κ3) is 8.03. The smallest absolute Gasteiger partial charge is 0.191 e. The SMILES string of the molecule is CN=C(NCC1(N(C)C)CCOCC1)NC(C)CCC(C)C.I. The van der Waals surface area contributed by atoms with E-state index in [9.17, 15) is 0 Å². The fraction of sp³-hybridized carbons (Fsp3) is 0.941. The van der Waals surface area contributed by atoms with Crippen molar-refractivity contribution in [2.24, 2.45) is 10.9 Å². The Morgan fingerprint density at radius 3 is 2.26 bits per heavy atom. The minimum atomic E-state index is 0. The Morgan fingerprint density at radius 2 is 1.78 bits per heavy atom. The fourth-order valence-corrected chi connectivity index (χ4v) is 2.87. The summed E-state index contributed by atoms with van der Waals surface area (Å²) < 4.78 is 5.53. The van der Waals surface area contributed by atoms with Crippen molar-refractivity contribution in [3.63, 3.8) is 0 Å². The van der Waals surface area contributed by atoms with E-state index in [4.69, 9.17) is 4.74 Å². The van der Waals surface area contributed by atoms with Gasteiger partial charge in [-0.1, -0.05) is 13.8 Å². The second kappa shape index (κ2) is 11.5. The Labute approximate surface area is 160 Å². The van der Waals surface area contributed by atoms with Gasteiger partial charge in [0.25, 0.3) is 0 Å². The number of nitrogens with zero attached hydrogens (tertiary/aromatic N) is 2. The molecule has 0 radical (unpaired) electrons. The summed E-state index contributed by atoms with van der Waals surface area (Å²) in [4.78, 5) is 6.71. The Kier molecular flexibility index (Phi) is 11.4. The molecule has 0 bridgehead atoms. The molecule has 0 amide bonds. The monoisotopic (exact) mass is 440 g/mol. The summed E-state index contributed by atoms with van der Waals surface area (Å²) in [5.74, 6) is 1.66. The van der Waals surface area contributed by atoms with Crippen LogP contribution in [0.1, 0.15) is 46.5 Å². The number of hydrogen-bond donors (Lipinski definition) is 2. The topological polar surface area (TPSA) is 48.9 Å². The van der Waals surface area contributed by atoms with Crippen molar-refractivity contribution in [2.75, 3.05) is 40.9 Å². The average Bonchev–Trinajstić information content (AvgIpc) is 2.50. The van der Waals surface area contributed by atoms with E-state index >= 15 is 0 Å². The number of halogens is 1. The Balaban J connectivity index is 0.00000484. The summed E-state index contributed by atoms with van der Waals surface area (Å²) in [6, 6.07) is 0.443. The van der Waals surface area contributed by atoms with Crippen LogP contribution < -0.4 is 10.6 Å². The molecule has 1 unspecified atom stereocenters. The lowest BCUT2D eigenvalue weighted by Gasteiger charge is -2.43. The second-order valence-electron chi connectivity index (χ2n) is 7.17. The van der Waals surface area contributed by atoms with Gasteiger partial charge in [0.1, 0.15) is 0 Å². The number of hydrogen-bond acceptors (Lipinski definition) is 3. The largest absolute Gasteiger partial charge is 0.381 e. The number of likely N-dealkylation sites (N-methyl/N-ethyl adjacent to an activating group) is 1. The maximum Gasteiger partial charge on any atom is 0.191 e. The van der Waals surface area contributed by atoms with Gasteiger partial charge in [0.15, 0.2) is 5.96 Å². The summed E-state index contributed by atoms with van der Waals surface area (Å²) in [6.07, 6.45) is 4.54. The van der Waals surface area contributed by atoms with Gasteiger partial charge >= 0.3 is 0 Å². The lowest BCUT2D eigenvalue weighted by atomic mass is 9.88. The molecule has 0 spiro atoms. The molecule has 0 aromatic carbocycles. The summed E-state index contributed by atoms with van der Waals surface area (Å²) >= 11 is 0. The molecular formula is C17H37IN4O. The highest BCUT2D eigenvalue weighted by atomic mass is 127. The first-order chi connectivity index (χ1) is 10.4. The van der Waals surface area contributed by atoms with E-state index in [0.29, 0.717) is 6.04 Å². The van der Waals surface area contributed by atoms with E-state index in [1.54, 1.807) is 0 Å². The third-order valence-electron chi connectivity index (χ3n) is 4.74. The lowest BCUT2D eigenvalue weighted by molar-refractivity contribution is -0.00502. The van der Waals surface area contributed by atoms with Crippen LogP contribution in [0.5, 0.6) is 0 Å². The van der Waals surface area contributed by atoms with Crippen LogP contribution >= 0.6 is 24.0 Å². The normalized spacial score (nSPS) is 19.4. The van der Waals surface area contributed by atoms with Gasteiger partial charge in [-0.05, 0) is 52.6 Å². The first-order valence-electron chi connectivity index (χ1n) is 8.62. The second-order valence-corrected chi connectivity index (χ2v) is 7.17. The van der Waals surface area contributed by atoms with E-state index in [0.717, 1.165) is 44.5 Å². The van der Waals surface area contributed by atoms with Gasteiger partial charge in [0.2, 0.25) is 0 Å². The highest BCUT2D eigenvalue weighted by molar-refractivity contribution is 14.0. The van der Waals surface area contributed by atoms with Gasteiger partial charge in [0.05, 0.1) is 0 Å². The van der Waals surface area contributed by atoms with Crippen LogP contribution in [0.4, 0.5) is 0 Å². The molecule has 138 valence electrons. The molecule has 2 N–H and O–H groups in total. The van der Waals surface area contributed by atoms with Gasteiger partial charge in [-0.25, -0.2) is 0 Å². The van der Waals surface area contributed by atoms with Crippen LogP contribution in [0, 0.1) is 5.92 Å². The molecule has 23 heavy (non-hydrogen) atoms. The quantitative estimate of drug-likeness (QED) is 0.363. The zero-order valence-corrected chi connectivity index (χ0v) is 18.1. The number of guanidine groups is 1. The molecule has 0 aromatic heterocycles. The number of nitrogens with one attached hydrogen (secondary N) is 2. The zero-order chi connectivity index (χ0) is 16.6. The molecule has 1 atom stereocenters. The Bertz CT molecular complexity index is 341. The standard InChI is InChI=1S/C17H36N4O.HI/c1-14(2)7-8-15(3)20-16(18-4)19-13-17(21(5)6)9-11-22-12-10-17;/h14-15H,7-13H2,1-6H3,(H2,18,19,20);1H. The maximum absolute atomic E-state index is 5.53. The first-order valence-corrected chi connectivity index (χ1v) is 8.62. The van der Waals surface area contributed by atoms with E-state index in [1.807, 2.05) is 7.05 Å². The predicted octanol–water partition coefficient (Wildman–Crippen LogP) is 2.70. The van der Waals surface area contributed by atoms with Gasteiger partial charge in [-0.15, -0.1) is 24.0 Å². The van der Waals surface area contributed by atoms with E-state index < -0.39 is 0 Å².